The van der Waals surface area contributed by atoms with Crippen LogP contribution in [0.4, 0.5) is 0 Å². The Kier molecular flexibility index (Phi) is 10.5. The van der Waals surface area contributed by atoms with Crippen molar-refractivity contribution >= 4 is 50.0 Å². The van der Waals surface area contributed by atoms with Gasteiger partial charge in [-0.15, -0.1) is 0 Å². The molecule has 7 nitrogen and oxygen atoms in total. The number of esters is 2. The minimum Gasteiger partial charge on any atom is -0.461 e. The van der Waals surface area contributed by atoms with Crippen LogP contribution in [0.3, 0.4) is 0 Å². The van der Waals surface area contributed by atoms with Crippen LogP contribution < -0.4 is 0 Å². The first-order chi connectivity index (χ1) is 23.9. The molecule has 50 heavy (non-hydrogen) atoms. The van der Waals surface area contributed by atoms with Crippen molar-refractivity contribution in [2.45, 2.75) is 91.5 Å². The Balaban J connectivity index is 1.03. The van der Waals surface area contributed by atoms with E-state index >= 15 is 0 Å². The van der Waals surface area contributed by atoms with Crippen molar-refractivity contribution in [2.75, 3.05) is 6.61 Å². The molecule has 0 aliphatic heterocycles. The van der Waals surface area contributed by atoms with Crippen LogP contribution in [-0.2, 0) is 19.1 Å². The molecule has 264 valence electrons. The Bertz CT molecular complexity index is 1920. The van der Waals surface area contributed by atoms with E-state index in [9.17, 15) is 24.6 Å². The van der Waals surface area contributed by atoms with Gasteiger partial charge in [0.05, 0.1) is 24.0 Å². The summed E-state index contributed by atoms with van der Waals surface area (Å²) >= 11 is 0. The molecular weight excluding hydrogens is 628 g/mol. The molecular formula is C43H50O7. The summed E-state index contributed by atoms with van der Waals surface area (Å²) in [5.41, 5.74) is 1.12. The second kappa shape index (κ2) is 14.7. The predicted octanol–water partition coefficient (Wildman–Crippen LogP) is 8.34. The number of benzene rings is 4. The lowest BCUT2D eigenvalue weighted by atomic mass is 9.65. The van der Waals surface area contributed by atoms with Crippen molar-refractivity contribution in [3.05, 3.63) is 84.0 Å². The molecule has 6 rings (SSSR count). The van der Waals surface area contributed by atoms with Crippen LogP contribution in [0.15, 0.2) is 78.4 Å². The molecule has 0 radical (unpaired) electrons. The Morgan fingerprint density at radius 1 is 0.920 bits per heavy atom. The van der Waals surface area contributed by atoms with E-state index in [1.807, 2.05) is 51.1 Å². The molecule has 2 N–H and O–H groups in total. The zero-order valence-corrected chi connectivity index (χ0v) is 29.9. The lowest BCUT2D eigenvalue weighted by Crippen LogP contribution is -2.43. The lowest BCUT2D eigenvalue weighted by molar-refractivity contribution is -0.164. The lowest BCUT2D eigenvalue weighted by Gasteiger charge is -2.44. The van der Waals surface area contributed by atoms with Gasteiger partial charge < -0.3 is 19.7 Å². The van der Waals surface area contributed by atoms with Crippen LogP contribution in [0.5, 0.6) is 0 Å². The molecule has 0 fully saturated rings. The van der Waals surface area contributed by atoms with E-state index in [4.69, 9.17) is 9.47 Å². The van der Waals surface area contributed by atoms with Gasteiger partial charge in [-0.1, -0.05) is 93.6 Å². The normalized spacial score (nSPS) is 23.4. The quantitative estimate of drug-likeness (QED) is 0.0831. The van der Waals surface area contributed by atoms with E-state index in [2.05, 4.69) is 50.3 Å². The molecule has 0 amide bonds. The Hall–Kier alpha value is -4.07. The smallest absolute Gasteiger partial charge is 0.311 e. The molecule has 2 aliphatic carbocycles. The summed E-state index contributed by atoms with van der Waals surface area (Å²) in [7, 11) is 0. The van der Waals surface area contributed by atoms with Crippen LogP contribution in [0, 0.1) is 29.1 Å². The van der Waals surface area contributed by atoms with E-state index in [-0.39, 0.29) is 48.5 Å². The highest BCUT2D eigenvalue weighted by Gasteiger charge is 2.43. The standard InChI is InChI=1S/C43H50O7/c1-6-43(4,5)42(48)50-37-21-25(2)20-30-11-10-26(3)33(40(30)37)19-16-31(44)22-32(45)23-38(47)49-24-36(46)34-17-14-29-13-12-27-8-7-9-28-15-18-35(34)41(29)39(27)28/h7-15,17-18,20,25-26,31-33,37,40,44-45H,6,16,19,21-24H2,1-5H3/t25-,26-,31+,32+,33-,37-,40-/m0/s1. The summed E-state index contributed by atoms with van der Waals surface area (Å²) in [6.45, 7) is 9.71. The molecule has 0 aromatic heterocycles. The summed E-state index contributed by atoms with van der Waals surface area (Å²) in [4.78, 5) is 39.1. The van der Waals surface area contributed by atoms with Crippen LogP contribution in [0.2, 0.25) is 0 Å². The topological polar surface area (TPSA) is 110 Å². The number of carbonyl (C=O) groups excluding carboxylic acids is 3. The molecule has 2 aliphatic rings. The number of hydrogen-bond acceptors (Lipinski definition) is 7. The van der Waals surface area contributed by atoms with Crippen molar-refractivity contribution in [1.82, 2.24) is 0 Å². The SMILES string of the molecule is CCC(C)(C)C(=O)O[C@H]1C[C@@H](C)C=C2C=C[C@H](C)[C@H](CC[C@@H](O)C[C@@H](O)CC(=O)OCC(=O)c3ccc4ccc5cccc6ccc3c4c56)[C@H]21. The average molecular weight is 679 g/mol. The van der Waals surface area contributed by atoms with Crippen LogP contribution in [0.1, 0.15) is 83.5 Å². The summed E-state index contributed by atoms with van der Waals surface area (Å²) < 4.78 is 11.5. The molecule has 0 bridgehead atoms. The Morgan fingerprint density at radius 2 is 1.60 bits per heavy atom. The zero-order valence-electron chi connectivity index (χ0n) is 29.9. The third-order valence-electron chi connectivity index (χ3n) is 11.3. The number of Topliss-reactive ketones (excluding diaryl/α,β-unsaturated/α-hetero) is 1. The van der Waals surface area contributed by atoms with E-state index in [0.717, 1.165) is 38.7 Å². The number of carbonyl (C=O) groups is 3. The van der Waals surface area contributed by atoms with E-state index in [1.54, 1.807) is 6.07 Å². The number of allylic oxidation sites excluding steroid dienone is 3. The first kappa shape index (κ1) is 35.7. The Morgan fingerprint density at radius 3 is 2.32 bits per heavy atom. The van der Waals surface area contributed by atoms with E-state index < -0.39 is 30.2 Å². The van der Waals surface area contributed by atoms with Gasteiger partial charge in [0.25, 0.3) is 0 Å². The number of aliphatic hydroxyl groups excluding tert-OH is 2. The number of aliphatic hydroxyl groups is 2. The van der Waals surface area contributed by atoms with Crippen molar-refractivity contribution in [3.63, 3.8) is 0 Å². The van der Waals surface area contributed by atoms with Crippen molar-refractivity contribution in [2.24, 2.45) is 29.1 Å². The van der Waals surface area contributed by atoms with Crippen LogP contribution >= 0.6 is 0 Å². The molecule has 7 atom stereocenters. The first-order valence-corrected chi connectivity index (χ1v) is 18.2. The largest absolute Gasteiger partial charge is 0.461 e. The van der Waals surface area contributed by atoms with Crippen molar-refractivity contribution < 1.29 is 34.1 Å². The van der Waals surface area contributed by atoms with Gasteiger partial charge in [-0.3, -0.25) is 14.4 Å². The van der Waals surface area contributed by atoms with Gasteiger partial charge in [0.15, 0.2) is 6.61 Å². The number of fused-ring (bicyclic) bond motifs is 1. The summed E-state index contributed by atoms with van der Waals surface area (Å²) in [6, 6.07) is 17.9. The predicted molar refractivity (Wildman–Crippen MR) is 197 cm³/mol. The molecule has 0 saturated carbocycles. The van der Waals surface area contributed by atoms with Crippen molar-refractivity contribution in [3.8, 4) is 0 Å². The molecule has 4 aromatic rings. The zero-order chi connectivity index (χ0) is 35.7. The summed E-state index contributed by atoms with van der Waals surface area (Å²) in [5, 5.41) is 27.8. The fraction of sp³-hybridized carbons (Fsp3) is 0.465. The van der Waals surface area contributed by atoms with E-state index in [1.165, 1.54) is 5.57 Å². The second-order valence-electron chi connectivity index (χ2n) is 15.3. The summed E-state index contributed by atoms with van der Waals surface area (Å²) in [6.07, 6.45) is 6.73. The number of ether oxygens (including phenoxy) is 2. The van der Waals surface area contributed by atoms with Gasteiger partial charge in [0.1, 0.15) is 6.10 Å². The highest BCUT2D eigenvalue weighted by Crippen LogP contribution is 2.45. The monoisotopic (exact) mass is 678 g/mol. The molecule has 0 unspecified atom stereocenters. The summed E-state index contributed by atoms with van der Waals surface area (Å²) in [5.74, 6) is -0.457. The van der Waals surface area contributed by atoms with Crippen LogP contribution in [0.25, 0.3) is 32.3 Å². The van der Waals surface area contributed by atoms with Gasteiger partial charge in [-0.25, -0.2) is 0 Å². The maximum absolute atomic E-state index is 13.3. The fourth-order valence-electron chi connectivity index (χ4n) is 8.02. The number of ketones is 1. The molecule has 0 heterocycles. The maximum atomic E-state index is 13.3. The molecule has 4 aromatic carbocycles. The van der Waals surface area contributed by atoms with Gasteiger partial charge >= 0.3 is 11.9 Å². The third-order valence-corrected chi connectivity index (χ3v) is 11.3. The molecule has 0 spiro atoms. The number of rotatable bonds is 13. The highest BCUT2D eigenvalue weighted by atomic mass is 16.5. The van der Waals surface area contributed by atoms with Crippen LogP contribution in [-0.4, -0.2) is 52.9 Å². The van der Waals surface area contributed by atoms with Crippen molar-refractivity contribution in [1.29, 1.82) is 0 Å². The van der Waals surface area contributed by atoms with Gasteiger partial charge in [0, 0.05) is 11.5 Å². The van der Waals surface area contributed by atoms with E-state index in [0.29, 0.717) is 30.7 Å². The minimum absolute atomic E-state index is 0.0164. The third kappa shape index (κ3) is 7.35. The first-order valence-electron chi connectivity index (χ1n) is 18.2. The Labute approximate surface area is 294 Å². The minimum atomic E-state index is -1.11. The molecule has 7 heteroatoms. The molecule has 0 saturated heterocycles. The maximum Gasteiger partial charge on any atom is 0.311 e. The van der Waals surface area contributed by atoms with Gasteiger partial charge in [0.2, 0.25) is 5.78 Å². The highest BCUT2D eigenvalue weighted by molar-refractivity contribution is 6.26. The van der Waals surface area contributed by atoms with Gasteiger partial charge in [-0.05, 0) is 102 Å². The van der Waals surface area contributed by atoms with Gasteiger partial charge in [-0.2, -0.15) is 0 Å². The number of hydrogen-bond donors (Lipinski definition) is 2. The average Bonchev–Trinajstić information content (AvgIpc) is 3.09. The second-order valence-corrected chi connectivity index (χ2v) is 15.3. The fourth-order valence-corrected chi connectivity index (χ4v) is 8.02.